The minimum Gasteiger partial charge on any atom is -0.460 e. The predicted molar refractivity (Wildman–Crippen MR) is 148 cm³/mol. The number of carbonyl (C=O) groups is 1. The van der Waals surface area contributed by atoms with Gasteiger partial charge in [-0.3, -0.25) is 9.36 Å². The first-order chi connectivity index (χ1) is 17.2. The second kappa shape index (κ2) is 12.0. The normalized spacial score (nSPS) is 15.9. The molecule has 192 valence electrons. The molecule has 0 fully saturated rings. The summed E-state index contributed by atoms with van der Waals surface area (Å²) in [7, 11) is -2.02. The highest BCUT2D eigenvalue weighted by Gasteiger charge is 2.55. The summed E-state index contributed by atoms with van der Waals surface area (Å²) in [6.07, 6.45) is 2.08. The van der Waals surface area contributed by atoms with Crippen molar-refractivity contribution < 1.29 is 18.6 Å². The largest absolute Gasteiger partial charge is 0.460 e. The van der Waals surface area contributed by atoms with Crippen LogP contribution < -0.4 is 0 Å². The smallest absolute Gasteiger partial charge is 0.322 e. The number of carbonyl (C=O) groups excluding carboxylic acids is 1. The van der Waals surface area contributed by atoms with Crippen molar-refractivity contribution in [1.82, 2.24) is 0 Å². The quantitative estimate of drug-likeness (QED) is 0.185. The molecule has 3 unspecified atom stereocenters. The number of ether oxygens (including phenoxy) is 1. The van der Waals surface area contributed by atoms with E-state index in [0.29, 0.717) is 12.3 Å². The Bertz CT molecular complexity index is 1110. The summed E-state index contributed by atoms with van der Waals surface area (Å²) in [6.45, 7) is 7.84. The molecule has 0 aromatic heterocycles. The summed E-state index contributed by atoms with van der Waals surface area (Å²) in [6, 6.07) is 30.1. The molecule has 0 spiro atoms. The van der Waals surface area contributed by atoms with Crippen molar-refractivity contribution in [2.24, 2.45) is 5.92 Å². The van der Waals surface area contributed by atoms with Crippen molar-refractivity contribution in [3.63, 3.8) is 0 Å². The molecular weight excluding hydrogens is 467 g/mol. The van der Waals surface area contributed by atoms with Crippen LogP contribution in [0.25, 0.3) is 0 Å². The third kappa shape index (κ3) is 5.99. The average Bonchev–Trinajstić information content (AvgIpc) is 2.92. The third-order valence-electron chi connectivity index (χ3n) is 7.59. The molecule has 0 saturated heterocycles. The maximum atomic E-state index is 14.0. The molecule has 36 heavy (non-hydrogen) atoms. The van der Waals surface area contributed by atoms with E-state index in [1.165, 1.54) is 7.11 Å². The van der Waals surface area contributed by atoms with Crippen LogP contribution in [0, 0.1) is 5.92 Å². The number of hydrogen-bond acceptors (Lipinski definition) is 4. The molecule has 0 bridgehead atoms. The van der Waals surface area contributed by atoms with Crippen molar-refractivity contribution in [1.29, 1.82) is 0 Å². The first kappa shape index (κ1) is 27.9. The maximum absolute atomic E-state index is 14.0. The lowest BCUT2D eigenvalue weighted by atomic mass is 9.64. The van der Waals surface area contributed by atoms with Crippen molar-refractivity contribution in [2.45, 2.75) is 57.2 Å². The lowest BCUT2D eigenvalue weighted by molar-refractivity contribution is -0.148. The minimum absolute atomic E-state index is 0.119. The van der Waals surface area contributed by atoms with E-state index in [-0.39, 0.29) is 6.61 Å². The zero-order chi connectivity index (χ0) is 26.2. The van der Waals surface area contributed by atoms with Gasteiger partial charge in [0.2, 0.25) is 7.37 Å². The molecule has 5 heteroatoms. The Morgan fingerprint density at radius 3 is 1.81 bits per heavy atom. The SMILES string of the molecule is CCC(C)CC(CC(C)(C(=O)OCc1ccccc1)P(C)(=O)OC)(c1ccccc1)c1ccccc1. The number of esters is 1. The Morgan fingerprint density at radius 1 is 0.889 bits per heavy atom. The van der Waals surface area contributed by atoms with Crippen LogP contribution in [0.4, 0.5) is 0 Å². The van der Waals surface area contributed by atoms with E-state index in [1.54, 1.807) is 13.6 Å². The zero-order valence-electron chi connectivity index (χ0n) is 22.1. The Hall–Kier alpha value is -2.68. The molecule has 3 rings (SSSR count). The van der Waals surface area contributed by atoms with Crippen molar-refractivity contribution >= 4 is 13.3 Å². The van der Waals surface area contributed by atoms with E-state index in [4.69, 9.17) is 9.26 Å². The molecule has 0 aliphatic heterocycles. The van der Waals surface area contributed by atoms with E-state index in [1.807, 2.05) is 66.7 Å². The summed E-state index contributed by atoms with van der Waals surface area (Å²) >= 11 is 0. The van der Waals surface area contributed by atoms with Crippen LogP contribution in [0.15, 0.2) is 91.0 Å². The van der Waals surface area contributed by atoms with E-state index < -0.39 is 23.9 Å². The topological polar surface area (TPSA) is 52.6 Å². The summed E-state index contributed by atoms with van der Waals surface area (Å²) < 4.78 is 25.4. The maximum Gasteiger partial charge on any atom is 0.322 e. The second-order valence-corrected chi connectivity index (χ2v) is 13.1. The van der Waals surface area contributed by atoms with Crippen LogP contribution >= 0.6 is 7.37 Å². The van der Waals surface area contributed by atoms with E-state index in [2.05, 4.69) is 38.1 Å². The fraction of sp³-hybridized carbons (Fsp3) is 0.387. The summed E-state index contributed by atoms with van der Waals surface area (Å²) in [5.41, 5.74) is 2.50. The third-order valence-corrected chi connectivity index (χ3v) is 10.4. The lowest BCUT2D eigenvalue weighted by Crippen LogP contribution is -2.45. The van der Waals surface area contributed by atoms with Gasteiger partial charge in [-0.1, -0.05) is 111 Å². The van der Waals surface area contributed by atoms with Gasteiger partial charge in [-0.15, -0.1) is 0 Å². The molecule has 3 aromatic rings. The highest BCUT2D eigenvalue weighted by molar-refractivity contribution is 7.60. The zero-order valence-corrected chi connectivity index (χ0v) is 23.0. The van der Waals surface area contributed by atoms with Crippen LogP contribution in [-0.2, 0) is 30.6 Å². The summed E-state index contributed by atoms with van der Waals surface area (Å²) in [5, 5.41) is -1.37. The molecule has 0 aliphatic rings. The molecule has 0 saturated carbocycles. The fourth-order valence-electron chi connectivity index (χ4n) is 4.98. The Balaban J connectivity index is 2.16. The van der Waals surface area contributed by atoms with Gasteiger partial charge in [-0.05, 0) is 42.4 Å². The van der Waals surface area contributed by atoms with Gasteiger partial charge >= 0.3 is 5.97 Å². The van der Waals surface area contributed by atoms with Gasteiger partial charge < -0.3 is 9.26 Å². The van der Waals surface area contributed by atoms with Gasteiger partial charge in [0, 0.05) is 19.2 Å². The minimum atomic E-state index is -3.44. The Morgan fingerprint density at radius 2 is 1.36 bits per heavy atom. The van der Waals surface area contributed by atoms with Crippen LogP contribution in [0.5, 0.6) is 0 Å². The second-order valence-electron chi connectivity index (χ2n) is 10.1. The van der Waals surface area contributed by atoms with Gasteiger partial charge in [-0.2, -0.15) is 0 Å². The summed E-state index contributed by atoms with van der Waals surface area (Å²) in [5.74, 6) is -0.131. The van der Waals surface area contributed by atoms with Crippen LogP contribution in [0.2, 0.25) is 0 Å². The van der Waals surface area contributed by atoms with Gasteiger partial charge in [0.15, 0.2) is 0 Å². The van der Waals surface area contributed by atoms with Crippen molar-refractivity contribution in [2.75, 3.05) is 13.8 Å². The van der Waals surface area contributed by atoms with Crippen molar-refractivity contribution in [3.8, 4) is 0 Å². The predicted octanol–water partition coefficient (Wildman–Crippen LogP) is 7.86. The molecule has 4 nitrogen and oxygen atoms in total. The molecule has 3 atom stereocenters. The van der Waals surface area contributed by atoms with E-state index >= 15 is 0 Å². The number of benzene rings is 3. The fourth-order valence-corrected chi connectivity index (χ4v) is 6.34. The lowest BCUT2D eigenvalue weighted by Gasteiger charge is -2.44. The average molecular weight is 507 g/mol. The first-order valence-corrected chi connectivity index (χ1v) is 14.7. The highest BCUT2D eigenvalue weighted by atomic mass is 31.2. The number of hydrogen-bond donors (Lipinski definition) is 0. The van der Waals surface area contributed by atoms with Crippen molar-refractivity contribution in [3.05, 3.63) is 108 Å². The molecular formula is C31H39O4P. The highest BCUT2D eigenvalue weighted by Crippen LogP contribution is 2.61. The molecule has 0 N–H and O–H groups in total. The molecule has 3 aromatic carbocycles. The molecule has 0 radical (unpaired) electrons. The van der Waals surface area contributed by atoms with Gasteiger partial charge in [0.1, 0.15) is 11.8 Å². The standard InChI is InChI=1S/C31H39O4P/c1-6-25(2)22-31(27-18-12-8-13-19-27,28-20-14-9-15-21-28)24-30(3,36(5,33)34-4)29(32)35-23-26-16-10-7-11-17-26/h7-21,25H,6,22-24H2,1-5H3. The molecule has 0 heterocycles. The Labute approximate surface area is 216 Å². The first-order valence-electron chi connectivity index (χ1n) is 12.6. The van der Waals surface area contributed by atoms with Crippen LogP contribution in [0.1, 0.15) is 56.7 Å². The van der Waals surface area contributed by atoms with Crippen LogP contribution in [0.3, 0.4) is 0 Å². The van der Waals surface area contributed by atoms with Gasteiger partial charge in [0.05, 0.1) is 0 Å². The summed E-state index contributed by atoms with van der Waals surface area (Å²) in [4.78, 5) is 13.9. The molecule has 0 aliphatic carbocycles. The van der Waals surface area contributed by atoms with E-state index in [0.717, 1.165) is 29.5 Å². The number of rotatable bonds is 12. The van der Waals surface area contributed by atoms with Crippen LogP contribution in [-0.4, -0.2) is 24.9 Å². The van der Waals surface area contributed by atoms with Gasteiger partial charge in [0.25, 0.3) is 0 Å². The van der Waals surface area contributed by atoms with Gasteiger partial charge in [-0.25, -0.2) is 0 Å². The monoisotopic (exact) mass is 506 g/mol. The molecule has 0 amide bonds. The van der Waals surface area contributed by atoms with E-state index in [9.17, 15) is 9.36 Å². The Kier molecular flexibility index (Phi) is 9.33.